The first-order chi connectivity index (χ1) is 8.41. The maximum absolute atomic E-state index is 11.8. The molecule has 1 fully saturated rings. The highest BCUT2D eigenvalue weighted by molar-refractivity contribution is 5.86. The smallest absolute Gasteiger partial charge is 0.331 e. The molecule has 2 rings (SSSR count). The van der Waals surface area contributed by atoms with Gasteiger partial charge in [0.05, 0.1) is 0 Å². The summed E-state index contributed by atoms with van der Waals surface area (Å²) in [6.45, 7) is 7.97. The van der Waals surface area contributed by atoms with Crippen molar-refractivity contribution in [3.05, 3.63) is 11.6 Å². The summed E-state index contributed by atoms with van der Waals surface area (Å²) in [6.07, 6.45) is 3.43. The molecule has 18 heavy (non-hydrogen) atoms. The van der Waals surface area contributed by atoms with E-state index in [1.165, 1.54) is 0 Å². The van der Waals surface area contributed by atoms with Crippen LogP contribution in [-0.4, -0.2) is 17.9 Å². The zero-order valence-electron chi connectivity index (χ0n) is 11.6. The molecule has 4 atom stereocenters. The van der Waals surface area contributed by atoms with Crippen molar-refractivity contribution in [2.24, 2.45) is 23.7 Å². The predicted octanol–water partition coefficient (Wildman–Crippen LogP) is 2.75. The number of rotatable bonds is 3. The number of carbonyl (C=O) groups is 2. The van der Waals surface area contributed by atoms with Crippen LogP contribution in [0.25, 0.3) is 0 Å². The van der Waals surface area contributed by atoms with Gasteiger partial charge in [-0.05, 0) is 37.2 Å². The molecule has 1 aliphatic heterocycles. The molecule has 0 aromatic carbocycles. The maximum Gasteiger partial charge on any atom is 0.331 e. The van der Waals surface area contributed by atoms with Gasteiger partial charge in [0.25, 0.3) is 0 Å². The first kappa shape index (κ1) is 13.3. The summed E-state index contributed by atoms with van der Waals surface area (Å²) in [4.78, 5) is 23.3. The molecule has 100 valence electrons. The molecule has 0 radical (unpaired) electrons. The summed E-state index contributed by atoms with van der Waals surface area (Å²) in [5, 5.41) is 0. The molecular formula is C15H22O3. The molecule has 0 N–H and O–H groups in total. The van der Waals surface area contributed by atoms with E-state index in [0.29, 0.717) is 11.8 Å². The third kappa shape index (κ3) is 2.23. The van der Waals surface area contributed by atoms with Gasteiger partial charge in [0, 0.05) is 17.9 Å². The van der Waals surface area contributed by atoms with Crippen LogP contribution in [0.4, 0.5) is 0 Å². The van der Waals surface area contributed by atoms with Gasteiger partial charge in [-0.3, -0.25) is 4.79 Å². The highest BCUT2D eigenvalue weighted by atomic mass is 16.5. The Morgan fingerprint density at radius 1 is 1.39 bits per heavy atom. The minimum atomic E-state index is -0.245. The van der Waals surface area contributed by atoms with Gasteiger partial charge in [-0.25, -0.2) is 4.79 Å². The van der Waals surface area contributed by atoms with Gasteiger partial charge in [-0.2, -0.15) is 0 Å². The van der Waals surface area contributed by atoms with E-state index in [1.54, 1.807) is 13.0 Å². The van der Waals surface area contributed by atoms with Crippen molar-refractivity contribution < 1.29 is 14.3 Å². The number of hydrogen-bond acceptors (Lipinski definition) is 3. The SMILES string of the molecule is CC(=O)[C@@H]1CC[C@@H](C)[C@H]1[C@@H]1OC(=O)C=C1C(C)C. The molecular weight excluding hydrogens is 228 g/mol. The van der Waals surface area contributed by atoms with E-state index in [-0.39, 0.29) is 29.7 Å². The Morgan fingerprint density at radius 2 is 2.06 bits per heavy atom. The lowest BCUT2D eigenvalue weighted by molar-refractivity contribution is -0.143. The Balaban J connectivity index is 2.27. The summed E-state index contributed by atoms with van der Waals surface area (Å²) in [6, 6.07) is 0. The molecule has 0 saturated heterocycles. The van der Waals surface area contributed by atoms with Crippen molar-refractivity contribution >= 4 is 11.8 Å². The topological polar surface area (TPSA) is 43.4 Å². The molecule has 3 heteroatoms. The van der Waals surface area contributed by atoms with Crippen LogP contribution in [0.5, 0.6) is 0 Å². The fraction of sp³-hybridized carbons (Fsp3) is 0.733. The third-order valence-corrected chi connectivity index (χ3v) is 4.45. The first-order valence-electron chi connectivity index (χ1n) is 6.84. The quantitative estimate of drug-likeness (QED) is 0.723. The van der Waals surface area contributed by atoms with Gasteiger partial charge in [0.1, 0.15) is 11.9 Å². The number of Topliss-reactive ketones (excluding diaryl/α,β-unsaturated/α-hetero) is 1. The van der Waals surface area contributed by atoms with E-state index in [1.807, 2.05) is 0 Å². The lowest BCUT2D eigenvalue weighted by Gasteiger charge is -2.29. The Bertz CT molecular complexity index is 395. The minimum absolute atomic E-state index is 0.0537. The van der Waals surface area contributed by atoms with Crippen molar-refractivity contribution in [1.82, 2.24) is 0 Å². The van der Waals surface area contributed by atoms with Gasteiger partial charge in [0.2, 0.25) is 0 Å². The molecule has 0 amide bonds. The largest absolute Gasteiger partial charge is 0.454 e. The standard InChI is InChI=1S/C15H22O3/c1-8(2)12-7-13(17)18-15(12)14-9(3)5-6-11(14)10(4)16/h7-9,11,14-15H,5-6H2,1-4H3/t9-,11+,14-,15-/m1/s1. The van der Waals surface area contributed by atoms with Crippen LogP contribution in [0.2, 0.25) is 0 Å². The van der Waals surface area contributed by atoms with Gasteiger partial charge in [0.15, 0.2) is 0 Å². The summed E-state index contributed by atoms with van der Waals surface area (Å²) in [5.74, 6) is 0.944. The van der Waals surface area contributed by atoms with Crippen LogP contribution in [-0.2, 0) is 14.3 Å². The number of esters is 1. The second kappa shape index (κ2) is 4.87. The average Bonchev–Trinajstić information content (AvgIpc) is 2.81. The summed E-state index contributed by atoms with van der Waals surface area (Å²) >= 11 is 0. The molecule has 0 unspecified atom stereocenters. The summed E-state index contributed by atoms with van der Waals surface area (Å²) < 4.78 is 5.49. The molecule has 0 aromatic heterocycles. The van der Waals surface area contributed by atoms with Crippen molar-refractivity contribution in [3.63, 3.8) is 0 Å². The van der Waals surface area contributed by atoms with Crippen LogP contribution in [0, 0.1) is 23.7 Å². The van der Waals surface area contributed by atoms with E-state index in [9.17, 15) is 9.59 Å². The number of ether oxygens (including phenoxy) is 1. The van der Waals surface area contributed by atoms with Gasteiger partial charge < -0.3 is 4.74 Å². The monoisotopic (exact) mass is 250 g/mol. The van der Waals surface area contributed by atoms with Gasteiger partial charge in [-0.15, -0.1) is 0 Å². The fourth-order valence-electron chi connectivity index (χ4n) is 3.45. The molecule has 1 saturated carbocycles. The molecule has 3 nitrogen and oxygen atoms in total. The van der Waals surface area contributed by atoms with E-state index in [4.69, 9.17) is 4.74 Å². The second-order valence-electron chi connectivity index (χ2n) is 6.01. The lowest BCUT2D eigenvalue weighted by atomic mass is 9.78. The van der Waals surface area contributed by atoms with Crippen LogP contribution in [0.1, 0.15) is 40.5 Å². The van der Waals surface area contributed by atoms with Crippen LogP contribution in [0.3, 0.4) is 0 Å². The van der Waals surface area contributed by atoms with Gasteiger partial charge in [-0.1, -0.05) is 20.8 Å². The Kier molecular flexibility index (Phi) is 3.60. The van der Waals surface area contributed by atoms with E-state index >= 15 is 0 Å². The van der Waals surface area contributed by atoms with Crippen molar-refractivity contribution in [2.45, 2.75) is 46.6 Å². The normalized spacial score (nSPS) is 35.8. The predicted molar refractivity (Wildman–Crippen MR) is 68.9 cm³/mol. The van der Waals surface area contributed by atoms with Crippen LogP contribution >= 0.6 is 0 Å². The highest BCUT2D eigenvalue weighted by Gasteiger charge is 2.46. The van der Waals surface area contributed by atoms with E-state index < -0.39 is 0 Å². The molecule has 0 spiro atoms. The van der Waals surface area contributed by atoms with Crippen LogP contribution < -0.4 is 0 Å². The second-order valence-corrected chi connectivity index (χ2v) is 6.01. The van der Waals surface area contributed by atoms with Crippen LogP contribution in [0.15, 0.2) is 11.6 Å². The Morgan fingerprint density at radius 3 is 2.61 bits per heavy atom. The summed E-state index contributed by atoms with van der Waals surface area (Å²) in [5.41, 5.74) is 1.06. The summed E-state index contributed by atoms with van der Waals surface area (Å²) in [7, 11) is 0. The zero-order valence-corrected chi connectivity index (χ0v) is 11.6. The van der Waals surface area contributed by atoms with Gasteiger partial charge >= 0.3 is 5.97 Å². The molecule has 2 aliphatic rings. The minimum Gasteiger partial charge on any atom is -0.454 e. The maximum atomic E-state index is 11.8. The number of ketones is 1. The Labute approximate surface area is 109 Å². The average molecular weight is 250 g/mol. The van der Waals surface area contributed by atoms with E-state index in [2.05, 4.69) is 20.8 Å². The van der Waals surface area contributed by atoms with E-state index in [0.717, 1.165) is 18.4 Å². The number of cyclic esters (lactones) is 1. The van der Waals surface area contributed by atoms with Crippen molar-refractivity contribution in [3.8, 4) is 0 Å². The van der Waals surface area contributed by atoms with Crippen molar-refractivity contribution in [1.29, 1.82) is 0 Å². The molecule has 1 aliphatic carbocycles. The Hall–Kier alpha value is -1.12. The molecule has 1 heterocycles. The molecule has 0 bridgehead atoms. The number of hydrogen-bond donors (Lipinski definition) is 0. The third-order valence-electron chi connectivity index (χ3n) is 4.45. The molecule has 0 aromatic rings. The fourth-order valence-corrected chi connectivity index (χ4v) is 3.45. The number of carbonyl (C=O) groups excluding carboxylic acids is 2. The lowest BCUT2D eigenvalue weighted by Crippen LogP contribution is -2.34. The highest BCUT2D eigenvalue weighted by Crippen LogP contribution is 2.44. The zero-order chi connectivity index (χ0) is 13.4. The van der Waals surface area contributed by atoms with Crippen molar-refractivity contribution in [2.75, 3.05) is 0 Å². The first-order valence-corrected chi connectivity index (χ1v) is 6.84.